The highest BCUT2D eigenvalue weighted by atomic mass is 32.1. The number of amides is 1. The van der Waals surface area contributed by atoms with Crippen LogP contribution in [0.3, 0.4) is 0 Å². The number of hydrogen-bond donors (Lipinski definition) is 2. The first kappa shape index (κ1) is 15.0. The normalized spacial score (nSPS) is 10.7. The minimum Gasteiger partial charge on any atom is -0.478 e. The maximum absolute atomic E-state index is 11.7. The summed E-state index contributed by atoms with van der Waals surface area (Å²) in [5, 5.41) is 15.3. The van der Waals surface area contributed by atoms with E-state index in [4.69, 9.17) is 5.11 Å². The third-order valence-electron chi connectivity index (χ3n) is 2.83. The van der Waals surface area contributed by atoms with Gasteiger partial charge in [0, 0.05) is 12.6 Å². The maximum atomic E-state index is 11.7. The number of aliphatic carboxylic acids is 1. The molecule has 1 heterocycles. The molecule has 1 aromatic carbocycles. The first-order valence-corrected chi connectivity index (χ1v) is 7.35. The van der Waals surface area contributed by atoms with Crippen LogP contribution in [0.2, 0.25) is 0 Å². The van der Waals surface area contributed by atoms with Gasteiger partial charge in [-0.05, 0) is 39.6 Å². The van der Waals surface area contributed by atoms with Crippen molar-refractivity contribution in [3.63, 3.8) is 0 Å². The van der Waals surface area contributed by atoms with Crippen LogP contribution in [0.1, 0.15) is 16.7 Å². The Balaban J connectivity index is 1.83. The standard InChI is InChI=1S/C16H15NO3S/c18-15(9-14-7-8-21-11-14)17-10-13-3-1-12(2-4-13)5-6-16(19)20/h1-8,11H,9-10H2,(H,17,18)(H,19,20). The van der Waals surface area contributed by atoms with E-state index in [1.165, 1.54) is 6.08 Å². The van der Waals surface area contributed by atoms with Gasteiger partial charge in [-0.1, -0.05) is 24.3 Å². The molecule has 0 radical (unpaired) electrons. The lowest BCUT2D eigenvalue weighted by molar-refractivity contribution is -0.131. The smallest absolute Gasteiger partial charge is 0.328 e. The molecule has 2 aromatic rings. The van der Waals surface area contributed by atoms with Gasteiger partial charge in [0.15, 0.2) is 0 Å². The lowest BCUT2D eigenvalue weighted by Gasteiger charge is -2.05. The molecule has 0 saturated carbocycles. The molecule has 0 spiro atoms. The zero-order valence-electron chi connectivity index (χ0n) is 11.3. The lowest BCUT2D eigenvalue weighted by Crippen LogP contribution is -2.24. The second-order valence-electron chi connectivity index (χ2n) is 4.50. The largest absolute Gasteiger partial charge is 0.478 e. The van der Waals surface area contributed by atoms with Crippen molar-refractivity contribution in [2.24, 2.45) is 0 Å². The van der Waals surface area contributed by atoms with E-state index in [0.29, 0.717) is 13.0 Å². The van der Waals surface area contributed by atoms with Crippen molar-refractivity contribution in [2.45, 2.75) is 13.0 Å². The van der Waals surface area contributed by atoms with Crippen molar-refractivity contribution in [3.05, 3.63) is 63.9 Å². The van der Waals surface area contributed by atoms with Crippen LogP contribution in [0.15, 0.2) is 47.2 Å². The van der Waals surface area contributed by atoms with Crippen molar-refractivity contribution in [3.8, 4) is 0 Å². The number of carbonyl (C=O) groups excluding carboxylic acids is 1. The number of rotatable bonds is 6. The molecule has 1 aromatic heterocycles. The van der Waals surface area contributed by atoms with Gasteiger partial charge in [-0.15, -0.1) is 0 Å². The Morgan fingerprint density at radius 1 is 1.14 bits per heavy atom. The number of carboxylic acids is 1. The molecule has 4 nitrogen and oxygen atoms in total. The molecule has 1 amide bonds. The third kappa shape index (κ3) is 5.24. The number of nitrogens with one attached hydrogen (secondary N) is 1. The predicted octanol–water partition coefficient (Wildman–Crippen LogP) is 2.70. The molecule has 0 aliphatic heterocycles. The van der Waals surface area contributed by atoms with E-state index >= 15 is 0 Å². The molecule has 0 bridgehead atoms. The third-order valence-corrected chi connectivity index (χ3v) is 3.56. The molecular formula is C16H15NO3S. The first-order valence-electron chi connectivity index (χ1n) is 6.41. The minimum atomic E-state index is -0.972. The summed E-state index contributed by atoms with van der Waals surface area (Å²) in [5.41, 5.74) is 2.80. The fourth-order valence-electron chi connectivity index (χ4n) is 1.76. The number of carboxylic acid groups (broad SMARTS) is 1. The van der Waals surface area contributed by atoms with Crippen LogP contribution in [0, 0.1) is 0 Å². The summed E-state index contributed by atoms with van der Waals surface area (Å²) in [6, 6.07) is 9.31. The van der Waals surface area contributed by atoms with E-state index < -0.39 is 5.97 Å². The van der Waals surface area contributed by atoms with Gasteiger partial charge in [0.2, 0.25) is 5.91 Å². The summed E-state index contributed by atoms with van der Waals surface area (Å²) in [7, 11) is 0. The molecule has 0 unspecified atom stereocenters. The van der Waals surface area contributed by atoms with Gasteiger partial charge < -0.3 is 10.4 Å². The molecule has 2 N–H and O–H groups in total. The van der Waals surface area contributed by atoms with Gasteiger partial charge in [0.1, 0.15) is 0 Å². The molecule has 21 heavy (non-hydrogen) atoms. The fraction of sp³-hybridized carbons (Fsp3) is 0.125. The minimum absolute atomic E-state index is 0.0109. The Bertz CT molecular complexity index is 630. The molecule has 2 rings (SSSR count). The summed E-state index contributed by atoms with van der Waals surface area (Å²) >= 11 is 1.58. The van der Waals surface area contributed by atoms with Gasteiger partial charge in [-0.25, -0.2) is 4.79 Å². The number of carbonyl (C=O) groups is 2. The molecule has 0 saturated heterocycles. The van der Waals surface area contributed by atoms with E-state index in [1.807, 2.05) is 41.1 Å². The first-order chi connectivity index (χ1) is 10.1. The molecule has 0 aliphatic carbocycles. The summed E-state index contributed by atoms with van der Waals surface area (Å²) in [4.78, 5) is 22.2. The number of hydrogen-bond acceptors (Lipinski definition) is 3. The van der Waals surface area contributed by atoms with E-state index in [2.05, 4.69) is 5.32 Å². The average molecular weight is 301 g/mol. The summed E-state index contributed by atoms with van der Waals surface area (Å²) in [6.07, 6.45) is 3.02. The van der Waals surface area contributed by atoms with E-state index in [0.717, 1.165) is 22.8 Å². The van der Waals surface area contributed by atoms with Crippen LogP contribution < -0.4 is 5.32 Å². The molecule has 108 valence electrons. The lowest BCUT2D eigenvalue weighted by atomic mass is 10.1. The van der Waals surface area contributed by atoms with E-state index in [1.54, 1.807) is 11.3 Å². The van der Waals surface area contributed by atoms with Gasteiger partial charge in [-0.2, -0.15) is 11.3 Å². The predicted molar refractivity (Wildman–Crippen MR) is 83.0 cm³/mol. The highest BCUT2D eigenvalue weighted by Crippen LogP contribution is 2.08. The number of benzene rings is 1. The van der Waals surface area contributed by atoms with Crippen LogP contribution in [-0.2, 0) is 22.6 Å². The van der Waals surface area contributed by atoms with E-state index in [-0.39, 0.29) is 5.91 Å². The quantitative estimate of drug-likeness (QED) is 0.806. The van der Waals surface area contributed by atoms with Gasteiger partial charge in [0.25, 0.3) is 0 Å². The molecule has 0 aliphatic rings. The Kier molecular flexibility index (Phi) is 5.29. The summed E-state index contributed by atoms with van der Waals surface area (Å²) < 4.78 is 0. The van der Waals surface area contributed by atoms with Crippen molar-refractivity contribution in [2.75, 3.05) is 0 Å². The highest BCUT2D eigenvalue weighted by Gasteiger charge is 2.03. The van der Waals surface area contributed by atoms with Crippen molar-refractivity contribution < 1.29 is 14.7 Å². The van der Waals surface area contributed by atoms with Crippen LogP contribution in [0.25, 0.3) is 6.08 Å². The Morgan fingerprint density at radius 3 is 2.52 bits per heavy atom. The van der Waals surface area contributed by atoms with Crippen molar-refractivity contribution in [1.29, 1.82) is 0 Å². The molecule has 0 atom stereocenters. The zero-order valence-corrected chi connectivity index (χ0v) is 12.1. The molecule has 5 heteroatoms. The Labute approximate surface area is 126 Å². The second-order valence-corrected chi connectivity index (χ2v) is 5.28. The summed E-state index contributed by atoms with van der Waals surface area (Å²) in [5.74, 6) is -0.983. The summed E-state index contributed by atoms with van der Waals surface area (Å²) in [6.45, 7) is 0.464. The van der Waals surface area contributed by atoms with Crippen LogP contribution >= 0.6 is 11.3 Å². The van der Waals surface area contributed by atoms with Crippen LogP contribution in [-0.4, -0.2) is 17.0 Å². The van der Waals surface area contributed by atoms with Crippen LogP contribution in [0.5, 0.6) is 0 Å². The van der Waals surface area contributed by atoms with Crippen molar-refractivity contribution in [1.82, 2.24) is 5.32 Å². The van der Waals surface area contributed by atoms with Gasteiger partial charge in [-0.3, -0.25) is 4.79 Å². The Morgan fingerprint density at radius 2 is 1.90 bits per heavy atom. The Hall–Kier alpha value is -2.40. The molecule has 0 fully saturated rings. The monoisotopic (exact) mass is 301 g/mol. The molecular weight excluding hydrogens is 286 g/mol. The van der Waals surface area contributed by atoms with Crippen molar-refractivity contribution >= 4 is 29.3 Å². The maximum Gasteiger partial charge on any atom is 0.328 e. The second kappa shape index (κ2) is 7.40. The highest BCUT2D eigenvalue weighted by molar-refractivity contribution is 7.07. The number of thiophene rings is 1. The van der Waals surface area contributed by atoms with Crippen LogP contribution in [0.4, 0.5) is 0 Å². The average Bonchev–Trinajstić information content (AvgIpc) is 2.97. The SMILES string of the molecule is O=C(O)C=Cc1ccc(CNC(=O)Cc2ccsc2)cc1. The topological polar surface area (TPSA) is 66.4 Å². The van der Waals surface area contributed by atoms with Gasteiger partial charge in [0.05, 0.1) is 6.42 Å². The van der Waals surface area contributed by atoms with E-state index in [9.17, 15) is 9.59 Å². The zero-order chi connectivity index (χ0) is 15.1. The van der Waals surface area contributed by atoms with Gasteiger partial charge >= 0.3 is 5.97 Å². The fourth-order valence-corrected chi connectivity index (χ4v) is 2.42.